The highest BCUT2D eigenvalue weighted by molar-refractivity contribution is 5.92. The molecule has 29 heavy (non-hydrogen) atoms. The van der Waals surface area contributed by atoms with Crippen molar-refractivity contribution in [1.29, 1.82) is 0 Å². The van der Waals surface area contributed by atoms with Gasteiger partial charge in [0.05, 0.1) is 0 Å². The molecule has 0 aliphatic heterocycles. The van der Waals surface area contributed by atoms with Gasteiger partial charge in [-0.1, -0.05) is 17.7 Å². The Hall–Kier alpha value is -3.22. The zero-order valence-corrected chi connectivity index (χ0v) is 16.9. The maximum Gasteiger partial charge on any atom is 0.270 e. The second-order valence-corrected chi connectivity index (χ2v) is 7.22. The first kappa shape index (κ1) is 20.5. The molecule has 3 N–H and O–H groups in total. The first-order chi connectivity index (χ1) is 14.0. The maximum atomic E-state index is 12.5. The Labute approximate surface area is 171 Å². The summed E-state index contributed by atoms with van der Waals surface area (Å²) in [5.41, 5.74) is 3.84. The largest absolute Gasteiger partial charge is 0.350 e. The second kappa shape index (κ2) is 9.82. The number of nitrogens with one attached hydrogen (secondary N) is 3. The van der Waals surface area contributed by atoms with Crippen LogP contribution in [0.1, 0.15) is 55.2 Å². The monoisotopic (exact) mass is 393 g/mol. The number of allylic oxidation sites excluding steroid dienone is 1. The Morgan fingerprint density at radius 1 is 1.10 bits per heavy atom. The Morgan fingerprint density at radius 2 is 1.93 bits per heavy atom. The molecule has 7 nitrogen and oxygen atoms in total. The van der Waals surface area contributed by atoms with Crippen LogP contribution in [0.5, 0.6) is 0 Å². The minimum atomic E-state index is -0.207. The Balaban J connectivity index is 1.63. The molecule has 1 heterocycles. The van der Waals surface area contributed by atoms with Crippen molar-refractivity contribution in [2.45, 2.75) is 46.0 Å². The predicted octanol–water partition coefficient (Wildman–Crippen LogP) is 4.11. The molecule has 0 saturated carbocycles. The van der Waals surface area contributed by atoms with Crippen LogP contribution in [0.15, 0.2) is 42.0 Å². The molecule has 152 valence electrons. The normalized spacial score (nSPS) is 13.4. The summed E-state index contributed by atoms with van der Waals surface area (Å²) in [5.74, 6) is -0.0102. The number of aromatic nitrogens is 2. The molecule has 2 amide bonds. The van der Waals surface area contributed by atoms with Crippen molar-refractivity contribution >= 4 is 29.1 Å². The second-order valence-electron chi connectivity index (χ2n) is 7.22. The quantitative estimate of drug-likeness (QED) is 0.615. The average Bonchev–Trinajstić information content (AvgIpc) is 2.68. The molecule has 0 unspecified atom stereocenters. The third kappa shape index (κ3) is 6.41. The van der Waals surface area contributed by atoms with E-state index in [0.29, 0.717) is 29.6 Å². The van der Waals surface area contributed by atoms with E-state index in [9.17, 15) is 9.59 Å². The van der Waals surface area contributed by atoms with E-state index in [1.807, 2.05) is 19.1 Å². The molecule has 0 saturated heterocycles. The van der Waals surface area contributed by atoms with Crippen LogP contribution < -0.4 is 16.0 Å². The van der Waals surface area contributed by atoms with Gasteiger partial charge >= 0.3 is 0 Å². The van der Waals surface area contributed by atoms with E-state index in [0.717, 1.165) is 24.9 Å². The number of hydrogen-bond donors (Lipinski definition) is 3. The van der Waals surface area contributed by atoms with Crippen LogP contribution >= 0.6 is 0 Å². The molecule has 1 aromatic heterocycles. The predicted molar refractivity (Wildman–Crippen MR) is 114 cm³/mol. The molecule has 3 rings (SSSR count). The van der Waals surface area contributed by atoms with Crippen molar-refractivity contribution in [3.8, 4) is 0 Å². The smallest absolute Gasteiger partial charge is 0.270 e. The van der Waals surface area contributed by atoms with E-state index in [-0.39, 0.29) is 11.8 Å². The van der Waals surface area contributed by atoms with Gasteiger partial charge in [0.1, 0.15) is 5.69 Å². The Morgan fingerprint density at radius 3 is 2.69 bits per heavy atom. The van der Waals surface area contributed by atoms with Crippen molar-refractivity contribution < 1.29 is 9.59 Å². The molecule has 7 heteroatoms. The van der Waals surface area contributed by atoms with Gasteiger partial charge in [0.2, 0.25) is 11.9 Å². The molecule has 2 aromatic rings. The van der Waals surface area contributed by atoms with Crippen LogP contribution in [0.2, 0.25) is 0 Å². The number of nitrogens with zero attached hydrogens (tertiary/aromatic N) is 2. The van der Waals surface area contributed by atoms with Gasteiger partial charge in [-0.15, -0.1) is 0 Å². The van der Waals surface area contributed by atoms with E-state index in [4.69, 9.17) is 0 Å². The van der Waals surface area contributed by atoms with E-state index in [1.54, 1.807) is 18.2 Å². The first-order valence-corrected chi connectivity index (χ1v) is 9.96. The highest BCUT2D eigenvalue weighted by Crippen LogP contribution is 2.20. The lowest BCUT2D eigenvalue weighted by atomic mass is 9.97. The number of amides is 2. The summed E-state index contributed by atoms with van der Waals surface area (Å²) in [4.78, 5) is 32.5. The molecule has 1 aromatic carbocycles. The summed E-state index contributed by atoms with van der Waals surface area (Å²) in [5, 5.41) is 8.78. The molecule has 0 bridgehead atoms. The van der Waals surface area contributed by atoms with Gasteiger partial charge in [-0.3, -0.25) is 9.59 Å². The van der Waals surface area contributed by atoms with Crippen molar-refractivity contribution in [2.24, 2.45) is 0 Å². The van der Waals surface area contributed by atoms with E-state index in [2.05, 4.69) is 32.0 Å². The van der Waals surface area contributed by atoms with Gasteiger partial charge in [-0.2, -0.15) is 0 Å². The first-order valence-electron chi connectivity index (χ1n) is 9.96. The van der Waals surface area contributed by atoms with E-state index >= 15 is 0 Å². The minimum absolute atomic E-state index is 0.142. The lowest BCUT2D eigenvalue weighted by Gasteiger charge is -2.13. The topological polar surface area (TPSA) is 96.0 Å². The lowest BCUT2D eigenvalue weighted by molar-refractivity contribution is -0.114. The number of carbonyl (C=O) groups is 2. The summed E-state index contributed by atoms with van der Waals surface area (Å²) < 4.78 is 0. The van der Waals surface area contributed by atoms with Gasteiger partial charge in [-0.25, -0.2) is 9.97 Å². The number of rotatable bonds is 7. The van der Waals surface area contributed by atoms with E-state index < -0.39 is 0 Å². The molecule has 0 radical (unpaired) electrons. The number of hydrogen-bond acceptors (Lipinski definition) is 5. The molecular formula is C22H27N5O2. The standard InChI is InChI=1S/C22H27N5O2/c1-15-13-20(21(29)23-12-11-17-7-4-3-5-8-17)27-22(24-15)26-19-10-6-9-18(14-19)25-16(2)28/h6-7,9-10,13-14H,3-5,8,11-12H2,1-2H3,(H,23,29)(H,25,28)(H,24,26,27). The van der Waals surface area contributed by atoms with Crippen molar-refractivity contribution in [2.75, 3.05) is 17.2 Å². The summed E-state index contributed by atoms with van der Waals surface area (Å²) in [7, 11) is 0. The average molecular weight is 393 g/mol. The van der Waals surface area contributed by atoms with Gasteiger partial charge in [0, 0.05) is 30.5 Å². The number of carbonyl (C=O) groups excluding carboxylic acids is 2. The highest BCUT2D eigenvalue weighted by atomic mass is 16.2. The summed E-state index contributed by atoms with van der Waals surface area (Å²) >= 11 is 0. The van der Waals surface area contributed by atoms with Crippen LogP contribution in [-0.4, -0.2) is 28.3 Å². The van der Waals surface area contributed by atoms with Crippen LogP contribution in [0, 0.1) is 6.92 Å². The fourth-order valence-electron chi connectivity index (χ4n) is 3.31. The van der Waals surface area contributed by atoms with Gasteiger partial charge < -0.3 is 16.0 Å². The van der Waals surface area contributed by atoms with E-state index in [1.165, 1.54) is 25.3 Å². The summed E-state index contributed by atoms with van der Waals surface area (Å²) in [6.07, 6.45) is 7.96. The molecular weight excluding hydrogens is 366 g/mol. The number of aryl methyl sites for hydroxylation is 1. The molecule has 0 fully saturated rings. The SMILES string of the molecule is CC(=O)Nc1cccc(Nc2nc(C)cc(C(=O)NCCC3=CCCCC3)n2)c1. The van der Waals surface area contributed by atoms with Gasteiger partial charge in [-0.05, 0) is 63.3 Å². The van der Waals surface area contributed by atoms with Gasteiger partial charge in [0.15, 0.2) is 0 Å². The highest BCUT2D eigenvalue weighted by Gasteiger charge is 2.12. The fourth-order valence-corrected chi connectivity index (χ4v) is 3.31. The zero-order chi connectivity index (χ0) is 20.6. The summed E-state index contributed by atoms with van der Waals surface area (Å²) in [6, 6.07) is 8.91. The van der Waals surface area contributed by atoms with Crippen molar-refractivity contribution in [3.05, 3.63) is 53.4 Å². The van der Waals surface area contributed by atoms with Gasteiger partial charge in [0.25, 0.3) is 5.91 Å². The number of anilines is 3. The number of benzene rings is 1. The minimum Gasteiger partial charge on any atom is -0.350 e. The molecule has 0 spiro atoms. The Kier molecular flexibility index (Phi) is 6.94. The maximum absolute atomic E-state index is 12.5. The van der Waals surface area contributed by atoms with Crippen molar-refractivity contribution in [3.63, 3.8) is 0 Å². The Bertz CT molecular complexity index is 923. The molecule has 1 aliphatic carbocycles. The van der Waals surface area contributed by atoms with Crippen molar-refractivity contribution in [1.82, 2.24) is 15.3 Å². The van der Waals surface area contributed by atoms with Crippen LogP contribution in [0.3, 0.4) is 0 Å². The fraction of sp³-hybridized carbons (Fsp3) is 0.364. The lowest BCUT2D eigenvalue weighted by Crippen LogP contribution is -2.26. The van der Waals surface area contributed by atoms with Crippen LogP contribution in [0.25, 0.3) is 0 Å². The molecule has 0 atom stereocenters. The van der Waals surface area contributed by atoms with Crippen LogP contribution in [-0.2, 0) is 4.79 Å². The third-order valence-electron chi connectivity index (χ3n) is 4.64. The van der Waals surface area contributed by atoms with Crippen LogP contribution in [0.4, 0.5) is 17.3 Å². The summed E-state index contributed by atoms with van der Waals surface area (Å²) in [6.45, 7) is 3.89. The molecule has 1 aliphatic rings. The third-order valence-corrected chi connectivity index (χ3v) is 4.64. The zero-order valence-electron chi connectivity index (χ0n) is 16.9.